The van der Waals surface area contributed by atoms with Gasteiger partial charge in [0.2, 0.25) is 0 Å². The lowest BCUT2D eigenvalue weighted by Crippen LogP contribution is -1.94. The first-order valence-electron chi connectivity index (χ1n) is 3.28. The third kappa shape index (κ3) is 1.77. The lowest BCUT2D eigenvalue weighted by atomic mass is 10.3. The van der Waals surface area contributed by atoms with E-state index < -0.39 is 0 Å². The third-order valence-electron chi connectivity index (χ3n) is 1.35. The van der Waals surface area contributed by atoms with E-state index in [2.05, 4.69) is 9.72 Å². The molecule has 3 nitrogen and oxygen atoms in total. The second-order valence-electron chi connectivity index (χ2n) is 2.25. The molecule has 1 aromatic heterocycles. The summed E-state index contributed by atoms with van der Waals surface area (Å²) in [6, 6.07) is 3.53. The van der Waals surface area contributed by atoms with E-state index in [9.17, 15) is 4.79 Å². The number of aromatic nitrogens is 1. The van der Waals surface area contributed by atoms with E-state index in [1.54, 1.807) is 19.1 Å². The van der Waals surface area contributed by atoms with E-state index in [1.807, 2.05) is 6.92 Å². The summed E-state index contributed by atoms with van der Waals surface area (Å²) in [5.74, 6) is 0.519. The van der Waals surface area contributed by atoms with E-state index in [0.29, 0.717) is 12.2 Å². The molecule has 0 aliphatic heterocycles. The van der Waals surface area contributed by atoms with Crippen molar-refractivity contribution in [2.45, 2.75) is 13.8 Å². The van der Waals surface area contributed by atoms with Gasteiger partial charge in [0.1, 0.15) is 0 Å². The van der Waals surface area contributed by atoms with Crippen LogP contribution in [0.4, 0.5) is 0 Å². The number of rotatable bonds is 2. The minimum Gasteiger partial charge on any atom is -0.427 e. The molecular formula is C8H9NO2. The summed E-state index contributed by atoms with van der Waals surface area (Å²) >= 11 is 0. The number of carbonyl (C=O) groups excluding carboxylic acids is 1. The topological polar surface area (TPSA) is 39.2 Å². The Morgan fingerprint density at radius 2 is 2.18 bits per heavy atom. The molecule has 1 rings (SSSR count). The van der Waals surface area contributed by atoms with Crippen LogP contribution in [0.1, 0.15) is 11.4 Å². The molecule has 58 valence electrons. The Morgan fingerprint density at radius 1 is 1.45 bits per heavy atom. The lowest BCUT2D eigenvalue weighted by molar-refractivity contribution is -0.120. The van der Waals surface area contributed by atoms with Crippen LogP contribution in [0.5, 0.6) is 5.75 Å². The SMILES string of the molecule is Cc1ccc(OC=O)c(C)n1. The number of nitrogens with zero attached hydrogens (tertiary/aromatic N) is 1. The number of pyridine rings is 1. The van der Waals surface area contributed by atoms with Gasteiger partial charge < -0.3 is 4.74 Å². The van der Waals surface area contributed by atoms with Gasteiger partial charge in [0, 0.05) is 5.69 Å². The number of hydrogen-bond donors (Lipinski definition) is 0. The largest absolute Gasteiger partial charge is 0.427 e. The van der Waals surface area contributed by atoms with Crippen LogP contribution in [0.15, 0.2) is 12.1 Å². The van der Waals surface area contributed by atoms with Crippen molar-refractivity contribution in [2.75, 3.05) is 0 Å². The van der Waals surface area contributed by atoms with Crippen molar-refractivity contribution in [1.82, 2.24) is 4.98 Å². The van der Waals surface area contributed by atoms with Crippen LogP contribution >= 0.6 is 0 Å². The maximum Gasteiger partial charge on any atom is 0.298 e. The molecule has 1 aromatic rings. The Morgan fingerprint density at radius 3 is 2.73 bits per heavy atom. The zero-order valence-electron chi connectivity index (χ0n) is 6.50. The zero-order valence-corrected chi connectivity index (χ0v) is 6.50. The fourth-order valence-corrected chi connectivity index (χ4v) is 0.850. The van der Waals surface area contributed by atoms with E-state index in [-0.39, 0.29) is 0 Å². The van der Waals surface area contributed by atoms with E-state index in [4.69, 9.17) is 0 Å². The average molecular weight is 151 g/mol. The molecule has 0 spiro atoms. The van der Waals surface area contributed by atoms with Gasteiger partial charge in [-0.25, -0.2) is 0 Å². The van der Waals surface area contributed by atoms with E-state index in [1.165, 1.54) is 0 Å². The minimum absolute atomic E-state index is 0.402. The molecule has 0 fully saturated rings. The molecule has 11 heavy (non-hydrogen) atoms. The predicted octanol–water partition coefficient (Wildman–Crippen LogP) is 1.23. The number of carbonyl (C=O) groups is 1. The first kappa shape index (κ1) is 7.72. The van der Waals surface area contributed by atoms with Crippen molar-refractivity contribution in [3.8, 4) is 5.75 Å². The molecule has 0 bridgehead atoms. The number of hydrogen-bond acceptors (Lipinski definition) is 3. The second-order valence-corrected chi connectivity index (χ2v) is 2.25. The van der Waals surface area contributed by atoms with Gasteiger partial charge in [-0.2, -0.15) is 0 Å². The quantitative estimate of drug-likeness (QED) is 0.597. The van der Waals surface area contributed by atoms with Gasteiger partial charge in [-0.3, -0.25) is 9.78 Å². The Hall–Kier alpha value is -1.38. The first-order chi connectivity index (χ1) is 5.24. The van der Waals surface area contributed by atoms with Crippen LogP contribution in [0, 0.1) is 13.8 Å². The normalized spacial score (nSPS) is 9.27. The molecule has 0 amide bonds. The Labute approximate surface area is 65.0 Å². The van der Waals surface area contributed by atoms with Crippen LogP contribution < -0.4 is 4.74 Å². The van der Waals surface area contributed by atoms with Gasteiger partial charge in [-0.15, -0.1) is 0 Å². The van der Waals surface area contributed by atoms with Crippen LogP contribution in [-0.4, -0.2) is 11.5 Å². The highest BCUT2D eigenvalue weighted by atomic mass is 16.5. The van der Waals surface area contributed by atoms with Crippen LogP contribution in [-0.2, 0) is 4.79 Å². The van der Waals surface area contributed by atoms with Gasteiger partial charge in [-0.05, 0) is 26.0 Å². The van der Waals surface area contributed by atoms with Gasteiger partial charge in [0.05, 0.1) is 5.69 Å². The summed E-state index contributed by atoms with van der Waals surface area (Å²) in [6.07, 6.45) is 0. The van der Waals surface area contributed by atoms with Crippen LogP contribution in [0.3, 0.4) is 0 Å². The zero-order chi connectivity index (χ0) is 8.27. The van der Waals surface area contributed by atoms with Crippen molar-refractivity contribution in [3.63, 3.8) is 0 Å². The Bertz CT molecular complexity index is 271. The first-order valence-corrected chi connectivity index (χ1v) is 3.28. The lowest BCUT2D eigenvalue weighted by Gasteiger charge is -2.01. The van der Waals surface area contributed by atoms with Crippen molar-refractivity contribution in [2.24, 2.45) is 0 Å². The molecule has 0 N–H and O–H groups in total. The van der Waals surface area contributed by atoms with Gasteiger partial charge >= 0.3 is 0 Å². The molecule has 1 heterocycles. The smallest absolute Gasteiger partial charge is 0.298 e. The molecule has 0 radical (unpaired) electrons. The second kappa shape index (κ2) is 3.14. The summed E-state index contributed by atoms with van der Waals surface area (Å²) < 4.78 is 4.65. The molecule has 0 unspecified atom stereocenters. The number of aryl methyl sites for hydroxylation is 2. The minimum atomic E-state index is 0.402. The highest BCUT2D eigenvalue weighted by Crippen LogP contribution is 2.13. The Kier molecular flexibility index (Phi) is 2.21. The fraction of sp³-hybridized carbons (Fsp3) is 0.250. The standard InChI is InChI=1S/C8H9NO2/c1-6-3-4-8(11-5-10)7(2)9-6/h3-5H,1-2H3. The highest BCUT2D eigenvalue weighted by Gasteiger charge is 1.98. The number of ether oxygens (including phenoxy) is 1. The van der Waals surface area contributed by atoms with Crippen molar-refractivity contribution in [1.29, 1.82) is 0 Å². The van der Waals surface area contributed by atoms with Crippen molar-refractivity contribution >= 4 is 6.47 Å². The van der Waals surface area contributed by atoms with Crippen molar-refractivity contribution in [3.05, 3.63) is 23.5 Å². The van der Waals surface area contributed by atoms with E-state index >= 15 is 0 Å². The van der Waals surface area contributed by atoms with Crippen LogP contribution in [0.25, 0.3) is 0 Å². The molecule has 0 atom stereocenters. The molecule has 0 saturated heterocycles. The summed E-state index contributed by atoms with van der Waals surface area (Å²) in [6.45, 7) is 4.09. The van der Waals surface area contributed by atoms with Crippen LogP contribution in [0.2, 0.25) is 0 Å². The monoisotopic (exact) mass is 151 g/mol. The molecule has 0 aliphatic carbocycles. The maximum atomic E-state index is 9.96. The molecule has 3 heteroatoms. The maximum absolute atomic E-state index is 9.96. The third-order valence-corrected chi connectivity index (χ3v) is 1.35. The summed E-state index contributed by atoms with van der Waals surface area (Å²) in [7, 11) is 0. The molecule has 0 saturated carbocycles. The van der Waals surface area contributed by atoms with Gasteiger partial charge in [0.15, 0.2) is 5.75 Å². The fourth-order valence-electron chi connectivity index (χ4n) is 0.850. The summed E-state index contributed by atoms with van der Waals surface area (Å²) in [5.41, 5.74) is 1.65. The van der Waals surface area contributed by atoms with Crippen molar-refractivity contribution < 1.29 is 9.53 Å². The van der Waals surface area contributed by atoms with Gasteiger partial charge in [0.25, 0.3) is 6.47 Å². The summed E-state index contributed by atoms with van der Waals surface area (Å²) in [4.78, 5) is 14.1. The predicted molar refractivity (Wildman–Crippen MR) is 40.4 cm³/mol. The molecule has 0 aliphatic rings. The summed E-state index contributed by atoms with van der Waals surface area (Å²) in [5, 5.41) is 0. The molecule has 0 aromatic carbocycles. The van der Waals surface area contributed by atoms with E-state index in [0.717, 1.165) is 11.4 Å². The molecular weight excluding hydrogens is 142 g/mol. The highest BCUT2D eigenvalue weighted by molar-refractivity contribution is 5.46. The Balaban J connectivity index is 2.98. The average Bonchev–Trinajstić information content (AvgIpc) is 1.95. The van der Waals surface area contributed by atoms with Gasteiger partial charge in [-0.1, -0.05) is 0 Å².